The van der Waals surface area contributed by atoms with Crippen LogP contribution in [-0.2, 0) is 17.9 Å². The third kappa shape index (κ3) is 3.23. The van der Waals surface area contributed by atoms with E-state index in [0.717, 1.165) is 38.2 Å². The van der Waals surface area contributed by atoms with Gasteiger partial charge in [-0.2, -0.15) is 0 Å². The van der Waals surface area contributed by atoms with Crippen molar-refractivity contribution in [2.24, 2.45) is 11.8 Å². The summed E-state index contributed by atoms with van der Waals surface area (Å²) in [6.07, 6.45) is 4.76. The first-order valence-electron chi connectivity index (χ1n) is 8.64. The predicted molar refractivity (Wildman–Crippen MR) is 95.6 cm³/mol. The largest absolute Gasteiger partial charge is 0.338 e. The number of thiophene rings is 1. The molecule has 2 atom stereocenters. The fraction of sp³-hybridized carbons (Fsp3) is 0.474. The van der Waals surface area contributed by atoms with Crippen LogP contribution in [0.25, 0.3) is 0 Å². The van der Waals surface area contributed by atoms with E-state index in [1.54, 1.807) is 6.20 Å². The molecule has 0 aliphatic carbocycles. The van der Waals surface area contributed by atoms with Crippen molar-refractivity contribution in [1.29, 1.82) is 0 Å². The van der Waals surface area contributed by atoms with E-state index in [1.165, 1.54) is 9.75 Å². The van der Waals surface area contributed by atoms with Gasteiger partial charge in [-0.25, -0.2) is 0 Å². The third-order valence-corrected chi connectivity index (χ3v) is 6.17. The van der Waals surface area contributed by atoms with Crippen molar-refractivity contribution in [3.05, 3.63) is 52.0 Å². The van der Waals surface area contributed by atoms with Gasteiger partial charge in [-0.15, -0.1) is 11.3 Å². The zero-order chi connectivity index (χ0) is 16.5. The number of fused-ring (bicyclic) bond motifs is 1. The molecule has 0 aromatic carbocycles. The van der Waals surface area contributed by atoms with E-state index < -0.39 is 0 Å². The van der Waals surface area contributed by atoms with Crippen LogP contribution in [0.3, 0.4) is 0 Å². The monoisotopic (exact) mass is 341 g/mol. The number of hydrogen-bond acceptors (Lipinski definition) is 4. The number of hydrogen-bond donors (Lipinski definition) is 0. The highest BCUT2D eigenvalue weighted by Crippen LogP contribution is 2.34. The van der Waals surface area contributed by atoms with Crippen LogP contribution >= 0.6 is 11.3 Å². The van der Waals surface area contributed by atoms with Crippen molar-refractivity contribution in [2.75, 3.05) is 19.6 Å². The minimum absolute atomic E-state index is 0.177. The van der Waals surface area contributed by atoms with Crippen molar-refractivity contribution < 1.29 is 4.79 Å². The topological polar surface area (TPSA) is 36.4 Å². The number of piperidine rings is 1. The van der Waals surface area contributed by atoms with Gasteiger partial charge in [-0.1, -0.05) is 6.07 Å². The summed E-state index contributed by atoms with van der Waals surface area (Å²) < 4.78 is 0. The smallest absolute Gasteiger partial charge is 0.227 e. The van der Waals surface area contributed by atoms with Crippen molar-refractivity contribution in [3.8, 4) is 0 Å². The highest BCUT2D eigenvalue weighted by atomic mass is 32.1. The lowest BCUT2D eigenvalue weighted by Crippen LogP contribution is -2.44. The zero-order valence-electron chi connectivity index (χ0n) is 14.0. The van der Waals surface area contributed by atoms with Crippen LogP contribution in [0, 0.1) is 18.8 Å². The number of likely N-dealkylation sites (tertiary alicyclic amines) is 2. The Bertz CT molecular complexity index is 714. The zero-order valence-corrected chi connectivity index (χ0v) is 14.8. The van der Waals surface area contributed by atoms with Crippen molar-refractivity contribution in [1.82, 2.24) is 14.8 Å². The number of carbonyl (C=O) groups excluding carboxylic acids is 1. The molecule has 2 aromatic rings. The Labute approximate surface area is 147 Å². The first-order chi connectivity index (χ1) is 11.7. The second kappa shape index (κ2) is 6.65. The van der Waals surface area contributed by atoms with Crippen molar-refractivity contribution >= 4 is 17.2 Å². The molecule has 0 spiro atoms. The number of amides is 1. The molecular formula is C19H23N3OS. The second-order valence-corrected chi connectivity index (χ2v) is 8.36. The number of nitrogens with zero attached hydrogens (tertiary/aromatic N) is 3. The van der Waals surface area contributed by atoms with Crippen LogP contribution < -0.4 is 0 Å². The molecule has 1 amide bonds. The van der Waals surface area contributed by atoms with E-state index in [4.69, 9.17) is 0 Å². The van der Waals surface area contributed by atoms with E-state index >= 15 is 0 Å². The van der Waals surface area contributed by atoms with Gasteiger partial charge in [0, 0.05) is 54.9 Å². The molecular weight excluding hydrogens is 318 g/mol. The SMILES string of the molecule is Cc1ccc(CN2C[C@H]3CCN(Cc4cccnc4)C(=O)[C@@H]3C2)s1. The van der Waals surface area contributed by atoms with Crippen molar-refractivity contribution in [3.63, 3.8) is 0 Å². The summed E-state index contributed by atoms with van der Waals surface area (Å²) in [7, 11) is 0. The van der Waals surface area contributed by atoms with Gasteiger partial charge in [-0.3, -0.25) is 14.7 Å². The number of carbonyl (C=O) groups is 1. The minimum atomic E-state index is 0.177. The Morgan fingerprint density at radius 3 is 2.92 bits per heavy atom. The van der Waals surface area contributed by atoms with Gasteiger partial charge in [0.2, 0.25) is 5.91 Å². The second-order valence-electron chi connectivity index (χ2n) is 6.98. The Morgan fingerprint density at radius 2 is 2.17 bits per heavy atom. The predicted octanol–water partition coefficient (Wildman–Crippen LogP) is 2.93. The van der Waals surface area contributed by atoms with Crippen LogP contribution in [0.5, 0.6) is 0 Å². The van der Waals surface area contributed by atoms with Gasteiger partial charge >= 0.3 is 0 Å². The summed E-state index contributed by atoms with van der Waals surface area (Å²) in [5.41, 5.74) is 1.12. The van der Waals surface area contributed by atoms with Gasteiger partial charge in [0.1, 0.15) is 0 Å². The first kappa shape index (κ1) is 15.8. The molecule has 0 N–H and O–H groups in total. The van der Waals surface area contributed by atoms with Gasteiger partial charge in [0.25, 0.3) is 0 Å². The normalized spacial score (nSPS) is 24.4. The maximum atomic E-state index is 12.9. The molecule has 126 valence electrons. The van der Waals surface area contributed by atoms with Gasteiger partial charge in [0.15, 0.2) is 0 Å². The average molecular weight is 341 g/mol. The number of pyridine rings is 1. The Kier molecular flexibility index (Phi) is 4.37. The molecule has 2 saturated heterocycles. The van der Waals surface area contributed by atoms with Crippen molar-refractivity contribution in [2.45, 2.75) is 26.4 Å². The average Bonchev–Trinajstić information content (AvgIpc) is 3.18. The first-order valence-corrected chi connectivity index (χ1v) is 9.46. The number of rotatable bonds is 4. The summed E-state index contributed by atoms with van der Waals surface area (Å²) in [5, 5.41) is 0. The van der Waals surface area contributed by atoms with Crippen LogP contribution in [0.15, 0.2) is 36.7 Å². The molecule has 0 bridgehead atoms. The molecule has 4 heterocycles. The number of aromatic nitrogens is 1. The van der Waals surface area contributed by atoms with E-state index in [9.17, 15) is 4.79 Å². The summed E-state index contributed by atoms with van der Waals surface area (Å²) in [4.78, 5) is 24.3. The molecule has 5 heteroatoms. The Morgan fingerprint density at radius 1 is 1.25 bits per heavy atom. The molecule has 4 rings (SSSR count). The standard InChI is InChI=1S/C19H23N3OS/c1-14-4-5-17(24-14)12-21-11-16-6-8-22(19(23)18(16)13-21)10-15-3-2-7-20-9-15/h2-5,7,9,16,18H,6,8,10-13H2,1H3/t16-,18-/m1/s1. The van der Waals surface area contributed by atoms with E-state index in [2.05, 4.69) is 28.9 Å². The molecule has 24 heavy (non-hydrogen) atoms. The summed E-state index contributed by atoms with van der Waals surface area (Å²) >= 11 is 1.87. The summed E-state index contributed by atoms with van der Waals surface area (Å²) in [6, 6.07) is 8.39. The molecule has 2 aliphatic rings. The lowest BCUT2D eigenvalue weighted by atomic mass is 9.88. The Balaban J connectivity index is 1.40. The molecule has 2 aromatic heterocycles. The van der Waals surface area contributed by atoms with E-state index in [1.807, 2.05) is 34.6 Å². The van der Waals surface area contributed by atoms with Crippen LogP contribution in [0.4, 0.5) is 0 Å². The van der Waals surface area contributed by atoms with E-state index in [0.29, 0.717) is 18.4 Å². The van der Waals surface area contributed by atoms with E-state index in [-0.39, 0.29) is 5.92 Å². The molecule has 2 aliphatic heterocycles. The van der Waals surface area contributed by atoms with Crippen LogP contribution in [-0.4, -0.2) is 40.3 Å². The minimum Gasteiger partial charge on any atom is -0.338 e. The number of aryl methyl sites for hydroxylation is 1. The quantitative estimate of drug-likeness (QED) is 0.858. The molecule has 2 fully saturated rings. The third-order valence-electron chi connectivity index (χ3n) is 5.19. The molecule has 4 nitrogen and oxygen atoms in total. The van der Waals surface area contributed by atoms with Gasteiger partial charge < -0.3 is 4.90 Å². The fourth-order valence-electron chi connectivity index (χ4n) is 3.99. The molecule has 0 unspecified atom stereocenters. The van der Waals surface area contributed by atoms with Gasteiger partial charge in [-0.05, 0) is 43.0 Å². The highest BCUT2D eigenvalue weighted by molar-refractivity contribution is 7.11. The van der Waals surface area contributed by atoms with Gasteiger partial charge in [0.05, 0.1) is 5.92 Å². The lowest BCUT2D eigenvalue weighted by molar-refractivity contribution is -0.140. The highest BCUT2D eigenvalue weighted by Gasteiger charge is 2.42. The van der Waals surface area contributed by atoms with Crippen LogP contribution in [0.2, 0.25) is 0 Å². The fourth-order valence-corrected chi connectivity index (χ4v) is 4.92. The summed E-state index contributed by atoms with van der Waals surface area (Å²) in [5.74, 6) is 1.04. The molecule has 0 radical (unpaired) electrons. The molecule has 0 saturated carbocycles. The maximum absolute atomic E-state index is 12.9. The maximum Gasteiger partial charge on any atom is 0.227 e. The Hall–Kier alpha value is -1.72. The lowest BCUT2D eigenvalue weighted by Gasteiger charge is -2.33. The van der Waals surface area contributed by atoms with Crippen LogP contribution in [0.1, 0.15) is 21.7 Å². The summed E-state index contributed by atoms with van der Waals surface area (Å²) in [6.45, 7) is 6.68.